The first-order chi connectivity index (χ1) is 14.5. The van der Waals surface area contributed by atoms with E-state index >= 15 is 0 Å². The molecule has 3 aromatic rings. The molecule has 2 N–H and O–H groups in total. The molecular formula is C25H30N4O. The minimum atomic E-state index is 0.0105. The molecule has 0 saturated heterocycles. The zero-order valence-corrected chi connectivity index (χ0v) is 18.0. The molecule has 1 aromatic heterocycles. The van der Waals surface area contributed by atoms with Crippen molar-refractivity contribution in [2.45, 2.75) is 40.4 Å². The van der Waals surface area contributed by atoms with E-state index in [1.165, 1.54) is 16.7 Å². The van der Waals surface area contributed by atoms with Crippen LogP contribution in [0.5, 0.6) is 0 Å². The topological polar surface area (TPSA) is 58.4 Å². The Balaban J connectivity index is 1.61. The molecule has 3 rings (SSSR count). The number of hydrogen-bond acceptors (Lipinski definition) is 2. The summed E-state index contributed by atoms with van der Waals surface area (Å²) in [5.41, 5.74) is 6.06. The molecule has 30 heavy (non-hydrogen) atoms. The van der Waals surface area contributed by atoms with Gasteiger partial charge in [-0.15, -0.1) is 0 Å². The first-order valence-electron chi connectivity index (χ1n) is 10.4. The van der Waals surface area contributed by atoms with Crippen molar-refractivity contribution in [3.63, 3.8) is 0 Å². The molecule has 0 aliphatic heterocycles. The smallest absolute Gasteiger partial charge is 0.250 e. The highest BCUT2D eigenvalue weighted by Gasteiger charge is 2.02. The Morgan fingerprint density at radius 2 is 1.73 bits per heavy atom. The number of pyridine rings is 1. The standard InChI is InChI=1S/C25H30N4O/c1-4-26-25(28-17-23-13-8-19(2)15-20(23)3)27-16-21-9-11-22(12-10-21)18-29-14-6-5-7-24(29)30/h5-15H,4,16-18H2,1-3H3,(H2,26,27,28). The van der Waals surface area contributed by atoms with Gasteiger partial charge in [-0.25, -0.2) is 4.99 Å². The van der Waals surface area contributed by atoms with Gasteiger partial charge in [0.25, 0.3) is 5.56 Å². The van der Waals surface area contributed by atoms with Gasteiger partial charge in [0, 0.05) is 25.4 Å². The average Bonchev–Trinajstić information content (AvgIpc) is 2.74. The molecule has 0 aliphatic rings. The van der Waals surface area contributed by atoms with Crippen LogP contribution in [0.2, 0.25) is 0 Å². The summed E-state index contributed by atoms with van der Waals surface area (Å²) in [6.07, 6.45) is 1.81. The second-order valence-electron chi connectivity index (χ2n) is 7.46. The molecule has 0 aliphatic carbocycles. The van der Waals surface area contributed by atoms with Gasteiger partial charge in [-0.1, -0.05) is 54.1 Å². The summed E-state index contributed by atoms with van der Waals surface area (Å²) in [5.74, 6) is 0.803. The number of nitrogens with zero attached hydrogens (tertiary/aromatic N) is 2. The van der Waals surface area contributed by atoms with Gasteiger partial charge in [-0.05, 0) is 49.1 Å². The molecule has 0 fully saturated rings. The van der Waals surface area contributed by atoms with Gasteiger partial charge >= 0.3 is 0 Å². The van der Waals surface area contributed by atoms with Crippen LogP contribution in [0.25, 0.3) is 0 Å². The predicted molar refractivity (Wildman–Crippen MR) is 124 cm³/mol. The fourth-order valence-electron chi connectivity index (χ4n) is 3.27. The van der Waals surface area contributed by atoms with E-state index in [2.05, 4.69) is 73.9 Å². The zero-order valence-electron chi connectivity index (χ0n) is 18.0. The Labute approximate surface area is 178 Å². The second-order valence-corrected chi connectivity index (χ2v) is 7.46. The minimum Gasteiger partial charge on any atom is -0.357 e. The van der Waals surface area contributed by atoms with Crippen molar-refractivity contribution in [3.05, 3.63) is 105 Å². The molecule has 0 spiro atoms. The number of hydrogen-bond donors (Lipinski definition) is 2. The number of rotatable bonds is 7. The van der Waals surface area contributed by atoms with Crippen molar-refractivity contribution in [2.24, 2.45) is 4.99 Å². The van der Waals surface area contributed by atoms with E-state index in [9.17, 15) is 4.79 Å². The summed E-state index contributed by atoms with van der Waals surface area (Å²) in [4.78, 5) is 16.6. The van der Waals surface area contributed by atoms with Crippen LogP contribution in [0, 0.1) is 13.8 Å². The van der Waals surface area contributed by atoms with Crippen LogP contribution < -0.4 is 16.2 Å². The summed E-state index contributed by atoms with van der Waals surface area (Å²) in [6, 6.07) is 20.0. The van der Waals surface area contributed by atoms with Crippen LogP contribution in [-0.2, 0) is 19.6 Å². The van der Waals surface area contributed by atoms with Gasteiger partial charge in [0.2, 0.25) is 0 Å². The average molecular weight is 403 g/mol. The predicted octanol–water partition coefficient (Wildman–Crippen LogP) is 3.77. The Morgan fingerprint density at radius 1 is 0.967 bits per heavy atom. The normalized spacial score (nSPS) is 11.4. The summed E-state index contributed by atoms with van der Waals surface area (Å²) in [5, 5.41) is 6.72. The van der Waals surface area contributed by atoms with Gasteiger partial charge in [0.05, 0.1) is 13.1 Å². The molecule has 156 valence electrons. The quantitative estimate of drug-likeness (QED) is 0.467. The molecule has 0 radical (unpaired) electrons. The molecule has 0 atom stereocenters. The van der Waals surface area contributed by atoms with Gasteiger partial charge in [0.1, 0.15) is 0 Å². The largest absolute Gasteiger partial charge is 0.357 e. The monoisotopic (exact) mass is 402 g/mol. The van der Waals surface area contributed by atoms with Gasteiger partial charge < -0.3 is 15.2 Å². The van der Waals surface area contributed by atoms with E-state index in [4.69, 9.17) is 4.99 Å². The SMILES string of the molecule is CCNC(=NCc1ccc(Cn2ccccc2=O)cc1)NCc1ccc(C)cc1C. The van der Waals surface area contributed by atoms with Gasteiger partial charge in [-0.2, -0.15) is 0 Å². The lowest BCUT2D eigenvalue weighted by Crippen LogP contribution is -2.36. The van der Waals surface area contributed by atoms with Crippen molar-refractivity contribution in [1.29, 1.82) is 0 Å². The third-order valence-corrected chi connectivity index (χ3v) is 4.98. The number of benzene rings is 2. The van der Waals surface area contributed by atoms with Crippen molar-refractivity contribution in [2.75, 3.05) is 6.54 Å². The lowest BCUT2D eigenvalue weighted by atomic mass is 10.1. The van der Waals surface area contributed by atoms with Crippen LogP contribution in [0.1, 0.15) is 34.7 Å². The van der Waals surface area contributed by atoms with Crippen molar-refractivity contribution >= 4 is 5.96 Å². The molecule has 2 aromatic carbocycles. The number of aryl methyl sites for hydroxylation is 2. The number of aromatic nitrogens is 1. The lowest BCUT2D eigenvalue weighted by molar-refractivity contribution is 0.759. The van der Waals surface area contributed by atoms with E-state index in [0.717, 1.165) is 30.2 Å². The van der Waals surface area contributed by atoms with Crippen molar-refractivity contribution in [1.82, 2.24) is 15.2 Å². The maximum Gasteiger partial charge on any atom is 0.250 e. The van der Waals surface area contributed by atoms with Crippen LogP contribution in [0.15, 0.2) is 76.6 Å². The summed E-state index contributed by atoms with van der Waals surface area (Å²) in [7, 11) is 0. The molecule has 0 amide bonds. The Bertz CT molecular complexity index is 1050. The summed E-state index contributed by atoms with van der Waals surface area (Å²) < 4.78 is 1.70. The molecule has 0 unspecified atom stereocenters. The molecule has 5 nitrogen and oxygen atoms in total. The highest BCUT2D eigenvalue weighted by Crippen LogP contribution is 2.10. The van der Waals surface area contributed by atoms with E-state index in [1.54, 1.807) is 16.7 Å². The van der Waals surface area contributed by atoms with E-state index in [0.29, 0.717) is 13.1 Å². The van der Waals surface area contributed by atoms with Crippen LogP contribution in [-0.4, -0.2) is 17.1 Å². The van der Waals surface area contributed by atoms with Crippen molar-refractivity contribution in [3.8, 4) is 0 Å². The Hall–Kier alpha value is -3.34. The molecule has 1 heterocycles. The first-order valence-corrected chi connectivity index (χ1v) is 10.4. The molecular weight excluding hydrogens is 372 g/mol. The van der Waals surface area contributed by atoms with Crippen molar-refractivity contribution < 1.29 is 0 Å². The maximum absolute atomic E-state index is 11.9. The minimum absolute atomic E-state index is 0.0105. The van der Waals surface area contributed by atoms with E-state index < -0.39 is 0 Å². The van der Waals surface area contributed by atoms with E-state index in [1.807, 2.05) is 12.3 Å². The molecule has 0 bridgehead atoms. The van der Waals surface area contributed by atoms with Crippen LogP contribution in [0.4, 0.5) is 0 Å². The third kappa shape index (κ3) is 6.08. The number of aliphatic imine (C=N–C) groups is 1. The highest BCUT2D eigenvalue weighted by atomic mass is 16.1. The summed E-state index contributed by atoms with van der Waals surface area (Å²) >= 11 is 0. The Morgan fingerprint density at radius 3 is 2.43 bits per heavy atom. The fourth-order valence-corrected chi connectivity index (χ4v) is 3.27. The fraction of sp³-hybridized carbons (Fsp3) is 0.280. The number of guanidine groups is 1. The summed E-state index contributed by atoms with van der Waals surface area (Å²) in [6.45, 7) is 9.02. The first kappa shape index (κ1) is 21.4. The van der Waals surface area contributed by atoms with Gasteiger partial charge in [-0.3, -0.25) is 4.79 Å². The second kappa shape index (κ2) is 10.4. The van der Waals surface area contributed by atoms with Crippen LogP contribution in [0.3, 0.4) is 0 Å². The highest BCUT2D eigenvalue weighted by molar-refractivity contribution is 5.79. The number of nitrogens with one attached hydrogen (secondary N) is 2. The van der Waals surface area contributed by atoms with Gasteiger partial charge in [0.15, 0.2) is 5.96 Å². The Kier molecular flexibility index (Phi) is 7.44. The maximum atomic E-state index is 11.9. The third-order valence-electron chi connectivity index (χ3n) is 4.98. The lowest BCUT2D eigenvalue weighted by Gasteiger charge is -2.13. The van der Waals surface area contributed by atoms with E-state index in [-0.39, 0.29) is 5.56 Å². The van der Waals surface area contributed by atoms with Crippen LogP contribution >= 0.6 is 0 Å². The molecule has 5 heteroatoms. The zero-order chi connectivity index (χ0) is 21.3. The molecule has 0 saturated carbocycles.